The smallest absolute Gasteiger partial charge is 0.258 e. The van der Waals surface area contributed by atoms with Gasteiger partial charge >= 0.3 is 0 Å². The van der Waals surface area contributed by atoms with Gasteiger partial charge in [0.25, 0.3) is 5.91 Å². The van der Waals surface area contributed by atoms with Gasteiger partial charge in [-0.3, -0.25) is 4.79 Å². The largest absolute Gasteiger partial charge is 0.481 e. The Morgan fingerprint density at radius 1 is 1.35 bits per heavy atom. The molecule has 0 spiro atoms. The molecule has 1 saturated heterocycles. The zero-order valence-electron chi connectivity index (χ0n) is 10.8. The van der Waals surface area contributed by atoms with Crippen molar-refractivity contribution in [3.63, 3.8) is 0 Å². The SMILES string of the molecule is Nc1cc(F)c(OCC(=O)NC2CCOCC2)cc1F. The fraction of sp³-hybridized carbons (Fsp3) is 0.462. The van der Waals surface area contributed by atoms with Crippen molar-refractivity contribution in [1.29, 1.82) is 0 Å². The Hall–Kier alpha value is -1.89. The molecule has 1 aromatic rings. The maximum Gasteiger partial charge on any atom is 0.258 e. The number of rotatable bonds is 4. The van der Waals surface area contributed by atoms with Gasteiger partial charge in [0.1, 0.15) is 5.82 Å². The number of hydrogen-bond donors (Lipinski definition) is 2. The number of ether oxygens (including phenoxy) is 2. The van der Waals surface area contributed by atoms with E-state index in [2.05, 4.69) is 5.32 Å². The van der Waals surface area contributed by atoms with Crippen LogP contribution in [0.25, 0.3) is 0 Å². The second-order valence-electron chi connectivity index (χ2n) is 4.55. The topological polar surface area (TPSA) is 73.6 Å². The highest BCUT2D eigenvalue weighted by molar-refractivity contribution is 5.77. The van der Waals surface area contributed by atoms with Gasteiger partial charge in [0.05, 0.1) is 5.69 Å². The van der Waals surface area contributed by atoms with Gasteiger partial charge in [-0.1, -0.05) is 0 Å². The average molecular weight is 286 g/mol. The molecular weight excluding hydrogens is 270 g/mol. The molecule has 5 nitrogen and oxygen atoms in total. The van der Waals surface area contributed by atoms with E-state index in [9.17, 15) is 13.6 Å². The molecule has 1 amide bonds. The molecule has 0 aromatic heterocycles. The lowest BCUT2D eigenvalue weighted by molar-refractivity contribution is -0.124. The molecule has 1 aliphatic heterocycles. The van der Waals surface area contributed by atoms with E-state index in [4.69, 9.17) is 15.2 Å². The summed E-state index contributed by atoms with van der Waals surface area (Å²) >= 11 is 0. The van der Waals surface area contributed by atoms with Gasteiger partial charge in [-0.25, -0.2) is 8.78 Å². The van der Waals surface area contributed by atoms with E-state index in [-0.39, 0.29) is 30.0 Å². The highest BCUT2D eigenvalue weighted by Crippen LogP contribution is 2.22. The van der Waals surface area contributed by atoms with Gasteiger partial charge in [0.2, 0.25) is 0 Å². The van der Waals surface area contributed by atoms with E-state index >= 15 is 0 Å². The monoisotopic (exact) mass is 286 g/mol. The number of halogens is 2. The van der Waals surface area contributed by atoms with Crippen LogP contribution in [0.4, 0.5) is 14.5 Å². The van der Waals surface area contributed by atoms with Crippen LogP contribution in [0.5, 0.6) is 5.75 Å². The van der Waals surface area contributed by atoms with Crippen LogP contribution in [0.3, 0.4) is 0 Å². The van der Waals surface area contributed by atoms with E-state index < -0.39 is 11.6 Å². The number of anilines is 1. The third kappa shape index (κ3) is 3.80. The number of carbonyl (C=O) groups excluding carboxylic acids is 1. The number of carbonyl (C=O) groups is 1. The lowest BCUT2D eigenvalue weighted by Crippen LogP contribution is -2.41. The Morgan fingerprint density at radius 3 is 2.75 bits per heavy atom. The van der Waals surface area contributed by atoms with Crippen molar-refractivity contribution in [2.45, 2.75) is 18.9 Å². The summed E-state index contributed by atoms with van der Waals surface area (Å²) in [5, 5.41) is 2.75. The molecule has 1 heterocycles. The third-order valence-corrected chi connectivity index (χ3v) is 3.00. The summed E-state index contributed by atoms with van der Waals surface area (Å²) in [5.74, 6) is -2.30. The molecule has 2 rings (SSSR count). The molecule has 1 fully saturated rings. The first-order valence-electron chi connectivity index (χ1n) is 6.30. The van der Waals surface area contributed by atoms with Crippen LogP contribution < -0.4 is 15.8 Å². The van der Waals surface area contributed by atoms with Crippen LogP contribution in [0.1, 0.15) is 12.8 Å². The second kappa shape index (κ2) is 6.51. The zero-order valence-corrected chi connectivity index (χ0v) is 10.8. The summed E-state index contributed by atoms with van der Waals surface area (Å²) < 4.78 is 36.7. The standard InChI is InChI=1S/C13H16F2N2O3/c14-9-6-12(10(15)5-11(9)16)20-7-13(18)17-8-1-3-19-4-2-8/h5-6,8H,1-4,7,16H2,(H,17,18). The molecule has 20 heavy (non-hydrogen) atoms. The first-order chi connectivity index (χ1) is 9.56. The lowest BCUT2D eigenvalue weighted by atomic mass is 10.1. The maximum atomic E-state index is 13.4. The predicted octanol–water partition coefficient (Wildman–Crippen LogP) is 1.22. The molecule has 0 bridgehead atoms. The van der Waals surface area contributed by atoms with Gasteiger partial charge < -0.3 is 20.5 Å². The van der Waals surface area contributed by atoms with Crippen molar-refractivity contribution in [2.24, 2.45) is 0 Å². The number of hydrogen-bond acceptors (Lipinski definition) is 4. The molecule has 3 N–H and O–H groups in total. The summed E-state index contributed by atoms with van der Waals surface area (Å²) in [7, 11) is 0. The van der Waals surface area contributed by atoms with Crippen molar-refractivity contribution in [2.75, 3.05) is 25.6 Å². The first-order valence-corrected chi connectivity index (χ1v) is 6.30. The fourth-order valence-electron chi connectivity index (χ4n) is 1.91. The van der Waals surface area contributed by atoms with Crippen molar-refractivity contribution in [1.82, 2.24) is 5.32 Å². The molecule has 0 aliphatic carbocycles. The van der Waals surface area contributed by atoms with E-state index in [1.807, 2.05) is 0 Å². The molecule has 7 heteroatoms. The van der Waals surface area contributed by atoms with Gasteiger partial charge in [-0.05, 0) is 12.8 Å². The summed E-state index contributed by atoms with van der Waals surface area (Å²) in [6, 6.07) is 1.68. The minimum Gasteiger partial charge on any atom is -0.481 e. The maximum absolute atomic E-state index is 13.4. The van der Waals surface area contributed by atoms with Gasteiger partial charge in [0, 0.05) is 31.4 Å². The first kappa shape index (κ1) is 14.5. The molecule has 0 saturated carbocycles. The van der Waals surface area contributed by atoms with Crippen molar-refractivity contribution in [3.05, 3.63) is 23.8 Å². The van der Waals surface area contributed by atoms with Crippen LogP contribution in [-0.4, -0.2) is 31.8 Å². The van der Waals surface area contributed by atoms with Crippen molar-refractivity contribution in [3.8, 4) is 5.75 Å². The number of nitrogen functional groups attached to an aromatic ring is 1. The molecule has 1 aromatic carbocycles. The summed E-state index contributed by atoms with van der Waals surface area (Å²) in [5.41, 5.74) is 4.90. The fourth-order valence-corrected chi connectivity index (χ4v) is 1.91. The number of nitrogens with one attached hydrogen (secondary N) is 1. The van der Waals surface area contributed by atoms with Crippen LogP contribution in [0, 0.1) is 11.6 Å². The summed E-state index contributed by atoms with van der Waals surface area (Å²) in [6.07, 6.45) is 1.47. The third-order valence-electron chi connectivity index (χ3n) is 3.00. The van der Waals surface area contributed by atoms with E-state index in [1.54, 1.807) is 0 Å². The number of benzene rings is 1. The van der Waals surface area contributed by atoms with Gasteiger partial charge in [-0.15, -0.1) is 0 Å². The second-order valence-corrected chi connectivity index (χ2v) is 4.55. The molecular formula is C13H16F2N2O3. The minimum atomic E-state index is -0.803. The van der Waals surface area contributed by atoms with E-state index in [0.29, 0.717) is 13.2 Å². The van der Waals surface area contributed by atoms with Crippen LogP contribution >= 0.6 is 0 Å². The Bertz CT molecular complexity index is 491. The van der Waals surface area contributed by atoms with Crippen molar-refractivity contribution >= 4 is 11.6 Å². The van der Waals surface area contributed by atoms with Gasteiger partial charge in [-0.2, -0.15) is 0 Å². The molecule has 0 unspecified atom stereocenters. The summed E-state index contributed by atoms with van der Waals surface area (Å²) in [4.78, 5) is 11.6. The predicted molar refractivity (Wildman–Crippen MR) is 68.2 cm³/mol. The highest BCUT2D eigenvalue weighted by atomic mass is 19.1. The lowest BCUT2D eigenvalue weighted by Gasteiger charge is -2.23. The Kier molecular flexibility index (Phi) is 4.73. The average Bonchev–Trinajstić information content (AvgIpc) is 2.42. The van der Waals surface area contributed by atoms with Crippen molar-refractivity contribution < 1.29 is 23.0 Å². The Labute approximate surface area is 115 Å². The van der Waals surface area contributed by atoms with E-state index in [1.165, 1.54) is 0 Å². The Morgan fingerprint density at radius 2 is 2.05 bits per heavy atom. The Balaban J connectivity index is 1.85. The van der Waals surface area contributed by atoms with Gasteiger partial charge in [0.15, 0.2) is 18.2 Å². The molecule has 110 valence electrons. The normalized spacial score (nSPS) is 15.9. The molecule has 0 radical (unpaired) electrons. The van der Waals surface area contributed by atoms with E-state index in [0.717, 1.165) is 25.0 Å². The number of nitrogens with two attached hydrogens (primary N) is 1. The molecule has 0 atom stereocenters. The molecule has 1 aliphatic rings. The quantitative estimate of drug-likeness (QED) is 0.816. The minimum absolute atomic E-state index is 0.0350. The van der Waals surface area contributed by atoms with Crippen LogP contribution in [0.2, 0.25) is 0 Å². The zero-order chi connectivity index (χ0) is 14.5. The number of amides is 1. The summed E-state index contributed by atoms with van der Waals surface area (Å²) in [6.45, 7) is 0.824. The van der Waals surface area contributed by atoms with Crippen LogP contribution in [-0.2, 0) is 9.53 Å². The van der Waals surface area contributed by atoms with Crippen LogP contribution in [0.15, 0.2) is 12.1 Å². The highest BCUT2D eigenvalue weighted by Gasteiger charge is 2.17.